The normalized spacial score (nSPS) is 28.5. The van der Waals surface area contributed by atoms with E-state index in [0.29, 0.717) is 12.3 Å². The molecule has 2 nitrogen and oxygen atoms in total. The molecule has 0 aromatic heterocycles. The van der Waals surface area contributed by atoms with E-state index in [9.17, 15) is 26.3 Å². The minimum absolute atomic E-state index is 0.159. The Kier molecular flexibility index (Phi) is 5.56. The molecule has 0 aromatic rings. The number of halogens is 6. The lowest BCUT2D eigenvalue weighted by molar-refractivity contribution is -0.239. The molecule has 0 aromatic carbocycles. The summed E-state index contributed by atoms with van der Waals surface area (Å²) in [5, 5.41) is -10.2. The van der Waals surface area contributed by atoms with Crippen molar-refractivity contribution in [2.24, 2.45) is 11.8 Å². The lowest BCUT2D eigenvalue weighted by Gasteiger charge is -2.42. The highest BCUT2D eigenvalue weighted by Gasteiger charge is 2.73. The summed E-state index contributed by atoms with van der Waals surface area (Å²) in [6, 6.07) is 0. The van der Waals surface area contributed by atoms with Crippen LogP contribution in [0, 0.1) is 11.8 Å². The summed E-state index contributed by atoms with van der Waals surface area (Å²) >= 11 is -2.08. The van der Waals surface area contributed by atoms with E-state index in [-0.39, 0.29) is 19.0 Å². The molecule has 1 heterocycles. The van der Waals surface area contributed by atoms with Crippen molar-refractivity contribution in [3.05, 3.63) is 0 Å². The summed E-state index contributed by atoms with van der Waals surface area (Å²) in [4.78, 5) is 0. The third-order valence-corrected chi connectivity index (χ3v) is 5.90. The first-order chi connectivity index (χ1) is 10.1. The van der Waals surface area contributed by atoms with Crippen LogP contribution in [0.1, 0.15) is 32.1 Å². The van der Waals surface area contributed by atoms with Crippen molar-refractivity contribution in [3.63, 3.8) is 0 Å². The topological polar surface area (TPSA) is 23.5 Å². The summed E-state index contributed by atoms with van der Waals surface area (Å²) in [6.07, 6.45) is 4.54. The van der Waals surface area contributed by atoms with Crippen LogP contribution >= 0.6 is 24.0 Å². The monoisotopic (exact) mass is 369 g/mol. The van der Waals surface area contributed by atoms with Crippen molar-refractivity contribution in [2.75, 3.05) is 13.1 Å². The van der Waals surface area contributed by atoms with Crippen LogP contribution < -0.4 is 0 Å². The Labute approximate surface area is 133 Å². The molecule has 2 aliphatic rings. The molecule has 1 saturated carbocycles. The van der Waals surface area contributed by atoms with Gasteiger partial charge in [-0.2, -0.15) is 26.3 Å². The molecular weight excluding hydrogens is 352 g/mol. The van der Waals surface area contributed by atoms with Gasteiger partial charge in [0.05, 0.1) is 12.0 Å². The van der Waals surface area contributed by atoms with Gasteiger partial charge in [-0.3, -0.25) is 0 Å². The molecule has 0 spiro atoms. The third-order valence-electron chi connectivity index (χ3n) is 4.34. The van der Waals surface area contributed by atoms with Crippen molar-refractivity contribution < 1.29 is 30.9 Å². The predicted octanol–water partition coefficient (Wildman–Crippen LogP) is 5.17. The summed E-state index contributed by atoms with van der Waals surface area (Å²) in [5.41, 5.74) is 0. The maximum absolute atomic E-state index is 13.7. The van der Waals surface area contributed by atoms with E-state index >= 15 is 0 Å². The molecule has 2 atom stereocenters. The molecule has 22 heavy (non-hydrogen) atoms. The Bertz CT molecular complexity index is 398. The highest BCUT2D eigenvalue weighted by molar-refractivity contribution is 7.98. The van der Waals surface area contributed by atoms with Gasteiger partial charge in [0, 0.05) is 25.0 Å². The lowest BCUT2D eigenvalue weighted by Crippen LogP contribution is -2.52. The molecule has 0 radical (unpaired) electrons. The van der Waals surface area contributed by atoms with Gasteiger partial charge in [-0.15, -0.1) is 0 Å². The zero-order valence-electron chi connectivity index (χ0n) is 11.6. The summed E-state index contributed by atoms with van der Waals surface area (Å²) in [7, 11) is 0. The molecule has 1 N–H and O–H groups in total. The Morgan fingerprint density at radius 1 is 0.864 bits per heavy atom. The maximum atomic E-state index is 13.7. The van der Waals surface area contributed by atoms with Crippen LogP contribution in [0.4, 0.5) is 26.3 Å². The minimum Gasteiger partial charge on any atom is -0.325 e. The first-order valence-corrected chi connectivity index (χ1v) is 8.55. The molecular formula is C12H17F6NOS2. The molecule has 10 heteroatoms. The molecule has 2 unspecified atom stereocenters. The SMILES string of the molecule is OSC(F)(F)C(F)(F)C(F)(F)SN1CCC2CCCCC2C1. The molecule has 0 amide bonds. The lowest BCUT2D eigenvalue weighted by atomic mass is 9.76. The number of alkyl halides is 6. The van der Waals surface area contributed by atoms with Crippen molar-refractivity contribution in [1.29, 1.82) is 0 Å². The average Bonchev–Trinajstić information content (AvgIpc) is 2.46. The second-order valence-corrected chi connectivity index (χ2v) is 7.68. The second kappa shape index (κ2) is 6.60. The molecule has 1 aliphatic carbocycles. The molecule has 2 fully saturated rings. The van der Waals surface area contributed by atoms with Gasteiger partial charge in [0.15, 0.2) is 0 Å². The summed E-state index contributed by atoms with van der Waals surface area (Å²) in [6.45, 7) is 0.383. The summed E-state index contributed by atoms with van der Waals surface area (Å²) in [5.74, 6) is -5.07. The predicted molar refractivity (Wildman–Crippen MR) is 74.3 cm³/mol. The van der Waals surface area contributed by atoms with Gasteiger partial charge in [-0.05, 0) is 24.7 Å². The maximum Gasteiger partial charge on any atom is 0.394 e. The van der Waals surface area contributed by atoms with Crippen molar-refractivity contribution in [2.45, 2.75) is 48.5 Å². The van der Waals surface area contributed by atoms with E-state index in [1.807, 2.05) is 0 Å². The fourth-order valence-electron chi connectivity index (χ4n) is 3.10. The van der Waals surface area contributed by atoms with E-state index in [4.69, 9.17) is 4.55 Å². The van der Waals surface area contributed by atoms with Crippen molar-refractivity contribution >= 4 is 24.0 Å². The van der Waals surface area contributed by atoms with Gasteiger partial charge in [0.2, 0.25) is 0 Å². The first kappa shape index (κ1) is 18.5. The Morgan fingerprint density at radius 3 is 2.05 bits per heavy atom. The number of hydrogen-bond acceptors (Lipinski definition) is 4. The standard InChI is InChI=1S/C12H17F6NOS2/c13-10(14,12(17,18)22-20)11(15,16)21-19-6-5-8-3-1-2-4-9(8)7-19/h8-9,20H,1-7H2. The molecule has 2 rings (SSSR count). The van der Waals surface area contributed by atoms with E-state index in [0.717, 1.165) is 30.0 Å². The average molecular weight is 369 g/mol. The van der Waals surface area contributed by atoms with Crippen molar-refractivity contribution in [1.82, 2.24) is 4.31 Å². The number of piperidine rings is 1. The van der Waals surface area contributed by atoms with Gasteiger partial charge in [0.25, 0.3) is 0 Å². The smallest absolute Gasteiger partial charge is 0.325 e. The quantitative estimate of drug-likeness (QED) is 0.410. The van der Waals surface area contributed by atoms with Gasteiger partial charge in [-0.1, -0.05) is 19.3 Å². The Morgan fingerprint density at radius 2 is 1.45 bits per heavy atom. The van der Waals surface area contributed by atoms with Crippen molar-refractivity contribution in [3.8, 4) is 0 Å². The zero-order valence-corrected chi connectivity index (χ0v) is 13.2. The fourth-order valence-corrected chi connectivity index (χ4v) is 4.43. The van der Waals surface area contributed by atoms with E-state index in [1.54, 1.807) is 0 Å². The van der Waals surface area contributed by atoms with Crippen LogP contribution in [-0.4, -0.2) is 38.4 Å². The Balaban J connectivity index is 2.02. The van der Waals surface area contributed by atoms with Crippen LogP contribution in [0.2, 0.25) is 0 Å². The number of fused-ring (bicyclic) bond motifs is 1. The van der Waals surface area contributed by atoms with Gasteiger partial charge in [-0.25, -0.2) is 4.31 Å². The summed E-state index contributed by atoms with van der Waals surface area (Å²) < 4.78 is 89.0. The van der Waals surface area contributed by atoms with E-state index in [1.165, 1.54) is 0 Å². The zero-order chi connectivity index (χ0) is 16.6. The number of nitrogens with zero attached hydrogens (tertiary/aromatic N) is 1. The molecule has 1 aliphatic heterocycles. The fraction of sp³-hybridized carbons (Fsp3) is 1.00. The van der Waals surface area contributed by atoms with Crippen LogP contribution in [0.3, 0.4) is 0 Å². The van der Waals surface area contributed by atoms with Crippen LogP contribution in [-0.2, 0) is 0 Å². The number of rotatable bonds is 5. The molecule has 130 valence electrons. The first-order valence-electron chi connectivity index (χ1n) is 7.01. The largest absolute Gasteiger partial charge is 0.394 e. The second-order valence-electron chi connectivity index (χ2n) is 5.77. The van der Waals surface area contributed by atoms with Gasteiger partial charge in [0.1, 0.15) is 0 Å². The minimum atomic E-state index is -5.65. The molecule has 0 bridgehead atoms. The highest BCUT2D eigenvalue weighted by atomic mass is 32.2. The third kappa shape index (κ3) is 3.49. The molecule has 1 saturated heterocycles. The Hall–Kier alpha value is 0.200. The van der Waals surface area contributed by atoms with Crippen LogP contribution in [0.25, 0.3) is 0 Å². The highest BCUT2D eigenvalue weighted by Crippen LogP contribution is 2.56. The van der Waals surface area contributed by atoms with Crippen LogP contribution in [0.5, 0.6) is 0 Å². The van der Waals surface area contributed by atoms with Gasteiger partial charge < -0.3 is 4.55 Å². The van der Waals surface area contributed by atoms with Gasteiger partial charge >= 0.3 is 16.4 Å². The number of hydrogen-bond donors (Lipinski definition) is 1. The van der Waals surface area contributed by atoms with E-state index < -0.39 is 40.4 Å². The van der Waals surface area contributed by atoms with Crippen LogP contribution in [0.15, 0.2) is 0 Å². The van der Waals surface area contributed by atoms with E-state index in [2.05, 4.69) is 0 Å².